The molecule has 0 aliphatic heterocycles. The molecule has 0 radical (unpaired) electrons. The molecule has 0 saturated heterocycles. The van der Waals surface area contributed by atoms with Gasteiger partial charge in [-0.05, 0) is 39.3 Å². The maximum absolute atomic E-state index is 4.33. The van der Waals surface area contributed by atoms with E-state index in [2.05, 4.69) is 42.4 Å². The molecular weight excluding hydrogens is 224 g/mol. The molecule has 4 heteroatoms. The number of hydrogen-bond acceptors (Lipinski definition) is 3. The molecule has 0 aliphatic rings. The highest BCUT2D eigenvalue weighted by molar-refractivity contribution is 5.53. The van der Waals surface area contributed by atoms with E-state index in [-0.39, 0.29) is 0 Å². The minimum Gasteiger partial charge on any atom is -0.379 e. The highest BCUT2D eigenvalue weighted by Gasteiger charge is 2.05. The normalized spacial score (nSPS) is 10.9. The Morgan fingerprint density at radius 3 is 2.72 bits per heavy atom. The Balaban J connectivity index is 2.07. The largest absolute Gasteiger partial charge is 0.379 e. The molecule has 2 aromatic heterocycles. The van der Waals surface area contributed by atoms with Crippen LogP contribution in [0.3, 0.4) is 0 Å². The average molecular weight is 244 g/mol. The first-order valence-electron chi connectivity index (χ1n) is 6.27. The maximum atomic E-state index is 4.33. The zero-order valence-electron chi connectivity index (χ0n) is 11.4. The topological polar surface area (TPSA) is 42.7 Å². The molecule has 2 rings (SSSR count). The molecule has 0 aromatic carbocycles. The predicted molar refractivity (Wildman–Crippen MR) is 73.6 cm³/mol. The lowest BCUT2D eigenvalue weighted by molar-refractivity contribution is 0.532. The summed E-state index contributed by atoms with van der Waals surface area (Å²) in [5.41, 5.74) is 4.56. The molecule has 0 fully saturated rings. The lowest BCUT2D eigenvalue weighted by Crippen LogP contribution is -2.04. The molecule has 96 valence electrons. The van der Waals surface area contributed by atoms with Gasteiger partial charge in [-0.15, -0.1) is 0 Å². The van der Waals surface area contributed by atoms with E-state index in [0.717, 1.165) is 17.9 Å². The first-order valence-corrected chi connectivity index (χ1v) is 6.27. The Kier molecular flexibility index (Phi) is 3.65. The van der Waals surface area contributed by atoms with Crippen LogP contribution in [0.15, 0.2) is 24.7 Å². The van der Waals surface area contributed by atoms with Gasteiger partial charge in [0.15, 0.2) is 0 Å². The number of rotatable bonds is 4. The van der Waals surface area contributed by atoms with Crippen LogP contribution in [-0.4, -0.2) is 14.8 Å². The molecule has 0 spiro atoms. The fourth-order valence-electron chi connectivity index (χ4n) is 1.90. The van der Waals surface area contributed by atoms with E-state index < -0.39 is 0 Å². The Bertz CT molecular complexity index is 508. The van der Waals surface area contributed by atoms with E-state index in [1.54, 1.807) is 0 Å². The van der Waals surface area contributed by atoms with Gasteiger partial charge in [-0.2, -0.15) is 5.10 Å². The van der Waals surface area contributed by atoms with Crippen molar-refractivity contribution in [1.29, 1.82) is 0 Å². The van der Waals surface area contributed by atoms with E-state index in [0.29, 0.717) is 6.04 Å². The van der Waals surface area contributed by atoms with Crippen LogP contribution < -0.4 is 5.32 Å². The Morgan fingerprint density at radius 2 is 2.11 bits per heavy atom. The molecule has 0 aliphatic carbocycles. The fraction of sp³-hybridized carbons (Fsp3) is 0.429. The van der Waals surface area contributed by atoms with Crippen LogP contribution in [0.2, 0.25) is 0 Å². The third-order valence-electron chi connectivity index (χ3n) is 3.00. The van der Waals surface area contributed by atoms with Gasteiger partial charge in [-0.25, -0.2) is 0 Å². The van der Waals surface area contributed by atoms with Crippen LogP contribution in [0.1, 0.15) is 36.7 Å². The van der Waals surface area contributed by atoms with Crippen molar-refractivity contribution in [3.8, 4) is 0 Å². The third-order valence-corrected chi connectivity index (χ3v) is 3.00. The zero-order valence-corrected chi connectivity index (χ0v) is 11.4. The van der Waals surface area contributed by atoms with E-state index >= 15 is 0 Å². The standard InChI is InChI=1S/C14H20N4/c1-10(2)18-9-13(8-17-18)7-16-14-11(3)5-6-15-12(14)4/h5-6,8-10,16H,7H2,1-4H3. The second-order valence-corrected chi connectivity index (χ2v) is 4.86. The molecule has 0 unspecified atom stereocenters. The smallest absolute Gasteiger partial charge is 0.0606 e. The molecule has 1 N–H and O–H groups in total. The number of aromatic nitrogens is 3. The van der Waals surface area contributed by atoms with E-state index in [9.17, 15) is 0 Å². The molecule has 0 amide bonds. The zero-order chi connectivity index (χ0) is 13.1. The van der Waals surface area contributed by atoms with Crippen molar-refractivity contribution in [1.82, 2.24) is 14.8 Å². The van der Waals surface area contributed by atoms with Crippen LogP contribution in [0.4, 0.5) is 5.69 Å². The van der Waals surface area contributed by atoms with E-state index in [1.165, 1.54) is 11.1 Å². The Labute approximate surface area is 108 Å². The van der Waals surface area contributed by atoms with Gasteiger partial charge >= 0.3 is 0 Å². The maximum Gasteiger partial charge on any atom is 0.0606 e. The summed E-state index contributed by atoms with van der Waals surface area (Å²) < 4.78 is 1.97. The van der Waals surface area contributed by atoms with Gasteiger partial charge < -0.3 is 5.32 Å². The first kappa shape index (κ1) is 12.6. The molecule has 4 nitrogen and oxygen atoms in total. The number of pyridine rings is 1. The molecule has 2 aromatic rings. The number of nitrogens with zero attached hydrogens (tertiary/aromatic N) is 3. The summed E-state index contributed by atoms with van der Waals surface area (Å²) in [5, 5.41) is 7.77. The molecule has 18 heavy (non-hydrogen) atoms. The molecule has 2 heterocycles. The first-order chi connectivity index (χ1) is 8.58. The molecule has 0 bridgehead atoms. The van der Waals surface area contributed by atoms with Gasteiger partial charge in [0.25, 0.3) is 0 Å². The molecule has 0 saturated carbocycles. The Morgan fingerprint density at radius 1 is 1.33 bits per heavy atom. The van der Waals surface area contributed by atoms with Crippen molar-refractivity contribution in [3.63, 3.8) is 0 Å². The molecule has 0 atom stereocenters. The van der Waals surface area contributed by atoms with Crippen molar-refractivity contribution in [2.24, 2.45) is 0 Å². The lowest BCUT2D eigenvalue weighted by Gasteiger charge is -2.10. The summed E-state index contributed by atoms with van der Waals surface area (Å²) in [6.07, 6.45) is 5.83. The molecular formula is C14H20N4. The Hall–Kier alpha value is -1.84. The number of anilines is 1. The summed E-state index contributed by atoms with van der Waals surface area (Å²) >= 11 is 0. The van der Waals surface area contributed by atoms with E-state index in [4.69, 9.17) is 0 Å². The lowest BCUT2D eigenvalue weighted by atomic mass is 10.2. The van der Waals surface area contributed by atoms with Crippen molar-refractivity contribution in [2.75, 3.05) is 5.32 Å². The van der Waals surface area contributed by atoms with Crippen LogP contribution in [0.25, 0.3) is 0 Å². The van der Waals surface area contributed by atoms with Gasteiger partial charge in [0.2, 0.25) is 0 Å². The quantitative estimate of drug-likeness (QED) is 0.898. The van der Waals surface area contributed by atoms with Gasteiger partial charge in [0.05, 0.1) is 17.6 Å². The van der Waals surface area contributed by atoms with Gasteiger partial charge in [0.1, 0.15) is 0 Å². The van der Waals surface area contributed by atoms with Crippen LogP contribution in [-0.2, 0) is 6.54 Å². The minimum absolute atomic E-state index is 0.403. The highest BCUT2D eigenvalue weighted by atomic mass is 15.3. The van der Waals surface area contributed by atoms with Crippen molar-refractivity contribution in [2.45, 2.75) is 40.3 Å². The summed E-state index contributed by atoms with van der Waals surface area (Å²) in [7, 11) is 0. The summed E-state index contributed by atoms with van der Waals surface area (Å²) in [5.74, 6) is 0. The van der Waals surface area contributed by atoms with Crippen molar-refractivity contribution >= 4 is 5.69 Å². The second kappa shape index (κ2) is 5.21. The van der Waals surface area contributed by atoms with Gasteiger partial charge in [0, 0.05) is 30.5 Å². The second-order valence-electron chi connectivity index (χ2n) is 4.86. The van der Waals surface area contributed by atoms with Crippen LogP contribution in [0, 0.1) is 13.8 Å². The van der Waals surface area contributed by atoms with Crippen molar-refractivity contribution < 1.29 is 0 Å². The summed E-state index contributed by atoms with van der Waals surface area (Å²) in [6.45, 7) is 9.14. The number of hydrogen-bond donors (Lipinski definition) is 1. The fourth-order valence-corrected chi connectivity index (χ4v) is 1.90. The average Bonchev–Trinajstić information content (AvgIpc) is 2.77. The van der Waals surface area contributed by atoms with Crippen molar-refractivity contribution in [3.05, 3.63) is 41.5 Å². The third kappa shape index (κ3) is 2.70. The van der Waals surface area contributed by atoms with Gasteiger partial charge in [-0.1, -0.05) is 0 Å². The minimum atomic E-state index is 0.403. The van der Waals surface area contributed by atoms with E-state index in [1.807, 2.05) is 30.1 Å². The van der Waals surface area contributed by atoms with Gasteiger partial charge in [-0.3, -0.25) is 9.67 Å². The highest BCUT2D eigenvalue weighted by Crippen LogP contribution is 2.18. The SMILES string of the molecule is Cc1ccnc(C)c1NCc1cnn(C(C)C)c1. The summed E-state index contributed by atoms with van der Waals surface area (Å²) in [4.78, 5) is 4.30. The monoisotopic (exact) mass is 244 g/mol. The van der Waals surface area contributed by atoms with Crippen LogP contribution in [0.5, 0.6) is 0 Å². The number of aryl methyl sites for hydroxylation is 2. The van der Waals surface area contributed by atoms with Crippen LogP contribution >= 0.6 is 0 Å². The summed E-state index contributed by atoms with van der Waals surface area (Å²) in [6, 6.07) is 2.42. The number of nitrogens with one attached hydrogen (secondary N) is 1. The predicted octanol–water partition coefficient (Wildman–Crippen LogP) is 3.09.